The Labute approximate surface area is 130 Å². The molecule has 0 bridgehead atoms. The summed E-state index contributed by atoms with van der Waals surface area (Å²) in [6.45, 7) is 1.88. The van der Waals surface area contributed by atoms with Crippen LogP contribution in [0.25, 0.3) is 10.2 Å². The Kier molecular flexibility index (Phi) is 4.17. The number of hydrogen-bond donors (Lipinski definition) is 1. The van der Waals surface area contributed by atoms with E-state index in [1.165, 1.54) is 11.8 Å². The lowest BCUT2D eigenvalue weighted by molar-refractivity contribution is -0.115. The van der Waals surface area contributed by atoms with Crippen LogP contribution in [0.15, 0.2) is 53.1 Å². The first-order chi connectivity index (χ1) is 10.2. The SMILES string of the molecule is CC(Sc1ncnc2sccc12)C(=O)Nc1ccccc1. The predicted molar refractivity (Wildman–Crippen MR) is 87.8 cm³/mol. The van der Waals surface area contributed by atoms with Crippen LogP contribution in [0.3, 0.4) is 0 Å². The molecule has 0 saturated carbocycles. The third kappa shape index (κ3) is 3.22. The number of para-hydroxylation sites is 1. The first kappa shape index (κ1) is 14.0. The van der Waals surface area contributed by atoms with Gasteiger partial charge in [-0.15, -0.1) is 11.3 Å². The number of carbonyl (C=O) groups excluding carboxylic acids is 1. The van der Waals surface area contributed by atoms with Gasteiger partial charge in [-0.1, -0.05) is 30.0 Å². The Morgan fingerprint density at radius 2 is 2.05 bits per heavy atom. The van der Waals surface area contributed by atoms with Crippen LogP contribution in [-0.2, 0) is 4.79 Å². The van der Waals surface area contributed by atoms with Crippen molar-refractivity contribution in [3.63, 3.8) is 0 Å². The van der Waals surface area contributed by atoms with E-state index in [1.54, 1.807) is 17.7 Å². The number of carbonyl (C=O) groups is 1. The molecule has 3 aromatic rings. The van der Waals surface area contributed by atoms with Crippen LogP contribution >= 0.6 is 23.1 Å². The normalized spacial score (nSPS) is 12.2. The van der Waals surface area contributed by atoms with Crippen LogP contribution in [-0.4, -0.2) is 21.1 Å². The van der Waals surface area contributed by atoms with Gasteiger partial charge in [0.2, 0.25) is 5.91 Å². The van der Waals surface area contributed by atoms with Gasteiger partial charge in [0.05, 0.1) is 5.25 Å². The monoisotopic (exact) mass is 315 g/mol. The highest BCUT2D eigenvalue weighted by Gasteiger charge is 2.17. The molecule has 1 atom stereocenters. The Morgan fingerprint density at radius 3 is 2.86 bits per heavy atom. The van der Waals surface area contributed by atoms with Crippen LogP contribution in [0.4, 0.5) is 5.69 Å². The molecule has 1 unspecified atom stereocenters. The number of anilines is 1. The highest BCUT2D eigenvalue weighted by molar-refractivity contribution is 8.00. The maximum atomic E-state index is 12.2. The first-order valence-electron chi connectivity index (χ1n) is 6.45. The largest absolute Gasteiger partial charge is 0.325 e. The summed E-state index contributed by atoms with van der Waals surface area (Å²) in [5.74, 6) is -0.0341. The van der Waals surface area contributed by atoms with E-state index in [0.29, 0.717) is 0 Å². The average molecular weight is 315 g/mol. The third-order valence-electron chi connectivity index (χ3n) is 2.92. The second-order valence-electron chi connectivity index (χ2n) is 4.43. The predicted octanol–water partition coefficient (Wildman–Crippen LogP) is 3.81. The van der Waals surface area contributed by atoms with Crippen molar-refractivity contribution in [2.75, 3.05) is 5.32 Å². The van der Waals surface area contributed by atoms with Crippen molar-refractivity contribution in [1.29, 1.82) is 0 Å². The molecule has 0 saturated heterocycles. The van der Waals surface area contributed by atoms with Gasteiger partial charge in [-0.3, -0.25) is 4.79 Å². The van der Waals surface area contributed by atoms with Crippen LogP contribution in [0.2, 0.25) is 0 Å². The fraction of sp³-hybridized carbons (Fsp3) is 0.133. The van der Waals surface area contributed by atoms with Crippen molar-refractivity contribution in [3.8, 4) is 0 Å². The zero-order valence-corrected chi connectivity index (χ0v) is 12.9. The number of fused-ring (bicyclic) bond motifs is 1. The molecular formula is C15H13N3OS2. The summed E-state index contributed by atoms with van der Waals surface area (Å²) in [6.07, 6.45) is 1.54. The molecule has 0 aliphatic carbocycles. The summed E-state index contributed by atoms with van der Waals surface area (Å²) in [7, 11) is 0. The minimum atomic E-state index is -0.233. The molecule has 0 fully saturated rings. The number of thiophene rings is 1. The molecule has 21 heavy (non-hydrogen) atoms. The van der Waals surface area contributed by atoms with E-state index in [9.17, 15) is 4.79 Å². The molecule has 3 rings (SSSR count). The fourth-order valence-corrected chi connectivity index (χ4v) is 3.55. The Hall–Kier alpha value is -1.92. The molecule has 2 aromatic heterocycles. The number of nitrogens with zero attached hydrogens (tertiary/aromatic N) is 2. The molecule has 1 aromatic carbocycles. The number of aromatic nitrogens is 2. The lowest BCUT2D eigenvalue weighted by Gasteiger charge is -2.11. The summed E-state index contributed by atoms with van der Waals surface area (Å²) >= 11 is 3.02. The van der Waals surface area contributed by atoms with Crippen LogP contribution in [0.1, 0.15) is 6.92 Å². The van der Waals surface area contributed by atoms with Crippen molar-refractivity contribution in [2.24, 2.45) is 0 Å². The van der Waals surface area contributed by atoms with Gasteiger partial charge in [0.1, 0.15) is 16.2 Å². The quantitative estimate of drug-likeness (QED) is 0.587. The number of hydrogen-bond acceptors (Lipinski definition) is 5. The van der Waals surface area contributed by atoms with Gasteiger partial charge in [-0.2, -0.15) is 0 Å². The fourth-order valence-electron chi connectivity index (χ4n) is 1.85. The van der Waals surface area contributed by atoms with E-state index in [-0.39, 0.29) is 11.2 Å². The second kappa shape index (κ2) is 6.24. The van der Waals surface area contributed by atoms with E-state index in [2.05, 4.69) is 15.3 Å². The maximum absolute atomic E-state index is 12.2. The summed E-state index contributed by atoms with van der Waals surface area (Å²) in [4.78, 5) is 21.7. The number of amides is 1. The standard InChI is InChI=1S/C15H13N3OS2/c1-10(13(19)18-11-5-3-2-4-6-11)21-15-12-7-8-20-14(12)16-9-17-15/h2-10H,1H3,(H,18,19). The molecule has 106 valence electrons. The molecular weight excluding hydrogens is 302 g/mol. The van der Waals surface area contributed by atoms with E-state index >= 15 is 0 Å². The minimum Gasteiger partial charge on any atom is -0.325 e. The van der Waals surface area contributed by atoms with Crippen molar-refractivity contribution >= 4 is 44.9 Å². The lowest BCUT2D eigenvalue weighted by atomic mass is 10.3. The van der Waals surface area contributed by atoms with Gasteiger partial charge in [-0.25, -0.2) is 9.97 Å². The molecule has 2 heterocycles. The highest BCUT2D eigenvalue weighted by Crippen LogP contribution is 2.30. The van der Waals surface area contributed by atoms with Gasteiger partial charge < -0.3 is 5.32 Å². The number of nitrogens with one attached hydrogen (secondary N) is 1. The molecule has 0 spiro atoms. The smallest absolute Gasteiger partial charge is 0.237 e. The molecule has 0 radical (unpaired) electrons. The van der Waals surface area contributed by atoms with Gasteiger partial charge in [0.15, 0.2) is 0 Å². The highest BCUT2D eigenvalue weighted by atomic mass is 32.2. The maximum Gasteiger partial charge on any atom is 0.237 e. The molecule has 1 N–H and O–H groups in total. The van der Waals surface area contributed by atoms with Crippen molar-refractivity contribution in [3.05, 3.63) is 48.1 Å². The molecule has 0 aliphatic rings. The van der Waals surface area contributed by atoms with Crippen molar-refractivity contribution in [2.45, 2.75) is 17.2 Å². The zero-order chi connectivity index (χ0) is 14.7. The summed E-state index contributed by atoms with van der Waals surface area (Å²) in [5.41, 5.74) is 0.804. The molecule has 4 nitrogen and oxygen atoms in total. The zero-order valence-electron chi connectivity index (χ0n) is 11.3. The third-order valence-corrected chi connectivity index (χ3v) is 4.86. The summed E-state index contributed by atoms with van der Waals surface area (Å²) < 4.78 is 0. The van der Waals surface area contributed by atoms with E-state index < -0.39 is 0 Å². The molecule has 1 amide bonds. The van der Waals surface area contributed by atoms with Gasteiger partial charge >= 0.3 is 0 Å². The number of rotatable bonds is 4. The van der Waals surface area contributed by atoms with Crippen LogP contribution in [0.5, 0.6) is 0 Å². The second-order valence-corrected chi connectivity index (χ2v) is 6.66. The van der Waals surface area contributed by atoms with Gasteiger partial charge in [0, 0.05) is 11.1 Å². The van der Waals surface area contributed by atoms with Gasteiger partial charge in [-0.05, 0) is 30.5 Å². The Balaban J connectivity index is 1.72. The number of benzene rings is 1. The van der Waals surface area contributed by atoms with Crippen molar-refractivity contribution < 1.29 is 4.79 Å². The van der Waals surface area contributed by atoms with E-state index in [4.69, 9.17) is 0 Å². The van der Waals surface area contributed by atoms with Crippen LogP contribution < -0.4 is 5.32 Å². The Bertz CT molecular complexity index is 758. The Morgan fingerprint density at radius 1 is 1.24 bits per heavy atom. The summed E-state index contributed by atoms with van der Waals surface area (Å²) in [6, 6.07) is 11.4. The van der Waals surface area contributed by atoms with Crippen LogP contribution in [0, 0.1) is 0 Å². The minimum absolute atomic E-state index is 0.0341. The lowest BCUT2D eigenvalue weighted by Crippen LogP contribution is -2.22. The molecule has 6 heteroatoms. The van der Waals surface area contributed by atoms with Gasteiger partial charge in [0.25, 0.3) is 0 Å². The first-order valence-corrected chi connectivity index (χ1v) is 8.21. The average Bonchev–Trinajstić information content (AvgIpc) is 2.98. The topological polar surface area (TPSA) is 54.9 Å². The van der Waals surface area contributed by atoms with E-state index in [1.807, 2.05) is 48.7 Å². The number of thioether (sulfide) groups is 1. The molecule has 0 aliphatic heterocycles. The summed E-state index contributed by atoms with van der Waals surface area (Å²) in [5, 5.41) is 6.51. The van der Waals surface area contributed by atoms with Crippen molar-refractivity contribution in [1.82, 2.24) is 9.97 Å². The van der Waals surface area contributed by atoms with E-state index in [0.717, 1.165) is 20.9 Å².